The topological polar surface area (TPSA) is 114 Å². The highest BCUT2D eigenvalue weighted by atomic mass is 16.5. The molecule has 0 spiro atoms. The second-order valence-electron chi connectivity index (χ2n) is 10.8. The smallest absolute Gasteiger partial charge is 0.202 e. The third-order valence-electron chi connectivity index (χ3n) is 9.11. The van der Waals surface area contributed by atoms with Gasteiger partial charge in [0, 0.05) is 23.7 Å². The SMILES string of the molecule is C=C[C@H]1C[C@]2(C#N)C(=N)OC[C@H]1[C@H]2c1ccccc1.C=C[C@H]1C[C@]2(C#N)C(=N)OC[C@H]1[C@H]2c1ccccc1. The molecule has 6 heteroatoms. The Hall–Kier alpha value is -4.16. The molecule has 4 aliphatic rings. The molecule has 8 atom stereocenters. The predicted molar refractivity (Wildman–Crippen MR) is 145 cm³/mol. The number of fused-ring (bicyclic) bond motifs is 4. The van der Waals surface area contributed by atoms with Gasteiger partial charge in [-0.3, -0.25) is 10.8 Å². The number of benzene rings is 2. The van der Waals surface area contributed by atoms with Gasteiger partial charge in [0.05, 0.1) is 25.4 Å². The fraction of sp³-hybridized carbons (Fsp3) is 0.375. The lowest BCUT2D eigenvalue weighted by atomic mass is 9.71. The van der Waals surface area contributed by atoms with Gasteiger partial charge in [-0.15, -0.1) is 13.2 Å². The lowest BCUT2D eigenvalue weighted by Crippen LogP contribution is -2.41. The van der Waals surface area contributed by atoms with Crippen LogP contribution < -0.4 is 0 Å². The van der Waals surface area contributed by atoms with Crippen LogP contribution in [0.2, 0.25) is 0 Å². The number of allylic oxidation sites excluding steroid dienone is 2. The minimum Gasteiger partial charge on any atom is -0.480 e. The fourth-order valence-electron chi connectivity index (χ4n) is 7.28. The van der Waals surface area contributed by atoms with Crippen LogP contribution in [0.3, 0.4) is 0 Å². The van der Waals surface area contributed by atoms with E-state index in [9.17, 15) is 10.5 Å². The summed E-state index contributed by atoms with van der Waals surface area (Å²) in [6.45, 7) is 8.80. The van der Waals surface area contributed by atoms with Gasteiger partial charge in [-0.05, 0) is 35.8 Å². The molecule has 4 fully saturated rings. The van der Waals surface area contributed by atoms with Crippen molar-refractivity contribution in [1.82, 2.24) is 0 Å². The minimum atomic E-state index is -0.816. The van der Waals surface area contributed by atoms with Crippen molar-refractivity contribution in [3.05, 3.63) is 97.1 Å². The second-order valence-corrected chi connectivity index (χ2v) is 10.8. The van der Waals surface area contributed by atoms with Crippen molar-refractivity contribution >= 4 is 11.8 Å². The number of hydrogen-bond donors (Lipinski definition) is 2. The Morgan fingerprint density at radius 3 is 1.39 bits per heavy atom. The van der Waals surface area contributed by atoms with Crippen LogP contribution in [0.5, 0.6) is 0 Å². The summed E-state index contributed by atoms with van der Waals surface area (Å²) in [5.41, 5.74) is 0.629. The highest BCUT2D eigenvalue weighted by Gasteiger charge is 2.61. The van der Waals surface area contributed by atoms with Crippen molar-refractivity contribution in [2.45, 2.75) is 24.7 Å². The number of nitrogens with zero attached hydrogens (tertiary/aromatic N) is 2. The Bertz CT molecular complexity index is 1220. The van der Waals surface area contributed by atoms with E-state index in [0.29, 0.717) is 26.1 Å². The van der Waals surface area contributed by atoms with Crippen LogP contribution in [-0.2, 0) is 9.47 Å². The first-order valence-corrected chi connectivity index (χ1v) is 13.1. The van der Waals surface area contributed by atoms with E-state index in [1.165, 1.54) is 0 Å². The summed E-state index contributed by atoms with van der Waals surface area (Å²) >= 11 is 0. The summed E-state index contributed by atoms with van der Waals surface area (Å²) in [6, 6.07) is 24.8. The maximum absolute atomic E-state index is 9.68. The van der Waals surface area contributed by atoms with E-state index in [1.54, 1.807) is 0 Å². The van der Waals surface area contributed by atoms with Gasteiger partial charge < -0.3 is 9.47 Å². The van der Waals surface area contributed by atoms with Crippen molar-refractivity contribution < 1.29 is 9.47 Å². The molecule has 0 amide bonds. The van der Waals surface area contributed by atoms with E-state index in [2.05, 4.69) is 25.3 Å². The van der Waals surface area contributed by atoms with Crippen molar-refractivity contribution in [2.24, 2.45) is 34.5 Å². The first kappa shape index (κ1) is 25.5. The summed E-state index contributed by atoms with van der Waals surface area (Å²) in [5, 5.41) is 35.5. The molecule has 38 heavy (non-hydrogen) atoms. The Morgan fingerprint density at radius 2 is 1.08 bits per heavy atom. The average molecular weight is 505 g/mol. The van der Waals surface area contributed by atoms with E-state index in [0.717, 1.165) is 11.1 Å². The zero-order valence-corrected chi connectivity index (χ0v) is 21.3. The van der Waals surface area contributed by atoms with Crippen molar-refractivity contribution in [3.8, 4) is 12.1 Å². The molecule has 2 saturated heterocycles. The predicted octanol–water partition coefficient (Wildman–Crippen LogP) is 6.22. The molecule has 6 rings (SSSR count). The molecule has 2 aliphatic heterocycles. The Labute approximate surface area is 224 Å². The summed E-state index contributed by atoms with van der Waals surface area (Å²) in [7, 11) is 0. The summed E-state index contributed by atoms with van der Waals surface area (Å²) < 4.78 is 10.9. The van der Waals surface area contributed by atoms with Gasteiger partial charge in [0.1, 0.15) is 10.8 Å². The van der Waals surface area contributed by atoms with E-state index in [4.69, 9.17) is 20.3 Å². The highest BCUT2D eigenvalue weighted by Crippen LogP contribution is 2.60. The third-order valence-corrected chi connectivity index (χ3v) is 9.11. The largest absolute Gasteiger partial charge is 0.480 e. The molecule has 192 valence electrons. The van der Waals surface area contributed by atoms with Crippen LogP contribution >= 0.6 is 0 Å². The van der Waals surface area contributed by atoms with E-state index < -0.39 is 10.8 Å². The zero-order valence-electron chi connectivity index (χ0n) is 21.3. The van der Waals surface area contributed by atoms with Gasteiger partial charge >= 0.3 is 0 Å². The van der Waals surface area contributed by atoms with Gasteiger partial charge in [0.15, 0.2) is 0 Å². The van der Waals surface area contributed by atoms with Crippen LogP contribution in [0, 0.1) is 68.0 Å². The summed E-state index contributed by atoms with van der Waals surface area (Å²) in [4.78, 5) is 0. The van der Waals surface area contributed by atoms with E-state index >= 15 is 0 Å². The quantitative estimate of drug-likeness (QED) is 0.481. The molecule has 2 heterocycles. The van der Waals surface area contributed by atoms with Gasteiger partial charge in [-0.25, -0.2) is 0 Å². The number of nitriles is 2. The molecule has 2 aromatic rings. The number of rotatable bonds is 4. The Kier molecular flexibility index (Phi) is 6.67. The Morgan fingerprint density at radius 1 is 0.711 bits per heavy atom. The molecule has 0 radical (unpaired) electrons. The third kappa shape index (κ3) is 3.75. The first-order valence-electron chi connectivity index (χ1n) is 13.1. The van der Waals surface area contributed by atoms with Gasteiger partial charge in [0.25, 0.3) is 0 Å². The molecule has 0 aromatic heterocycles. The van der Waals surface area contributed by atoms with Crippen LogP contribution in [0.1, 0.15) is 35.8 Å². The monoisotopic (exact) mass is 504 g/mol. The zero-order chi connectivity index (χ0) is 26.9. The summed E-state index contributed by atoms with van der Waals surface area (Å²) in [5.74, 6) is 1.32. The van der Waals surface area contributed by atoms with Crippen molar-refractivity contribution in [2.75, 3.05) is 13.2 Å². The van der Waals surface area contributed by atoms with Crippen LogP contribution in [0.15, 0.2) is 86.0 Å². The number of ether oxygens (including phenoxy) is 2. The van der Waals surface area contributed by atoms with Crippen LogP contribution in [0.4, 0.5) is 0 Å². The second kappa shape index (κ2) is 9.95. The molecule has 6 nitrogen and oxygen atoms in total. The minimum absolute atomic E-state index is 0.0444. The average Bonchev–Trinajstić information content (AvgIpc) is 3.39. The van der Waals surface area contributed by atoms with Gasteiger partial charge in [-0.2, -0.15) is 10.5 Å². The van der Waals surface area contributed by atoms with Crippen LogP contribution in [-0.4, -0.2) is 25.0 Å². The van der Waals surface area contributed by atoms with E-state index in [-0.39, 0.29) is 47.3 Å². The first-order chi connectivity index (χ1) is 18.5. The maximum atomic E-state index is 9.68. The molecule has 4 bridgehead atoms. The lowest BCUT2D eigenvalue weighted by Gasteiger charge is -2.36. The fourth-order valence-corrected chi connectivity index (χ4v) is 7.28. The van der Waals surface area contributed by atoms with Crippen molar-refractivity contribution in [1.29, 1.82) is 21.3 Å². The standard InChI is InChI=1S/2C16H16N2O/c2*1-2-11-8-16(10-17)14(12-6-4-3-5-7-12)13(11)9-19-15(16)18/h2*2-7,11,13-14,18H,1,8-9H2/t2*11-,13+,14+,16+/m00/s1. The maximum Gasteiger partial charge on any atom is 0.202 e. The van der Waals surface area contributed by atoms with Crippen molar-refractivity contribution in [3.63, 3.8) is 0 Å². The van der Waals surface area contributed by atoms with Crippen LogP contribution in [0.25, 0.3) is 0 Å². The number of hydrogen-bond acceptors (Lipinski definition) is 6. The van der Waals surface area contributed by atoms with Gasteiger partial charge in [-0.1, -0.05) is 72.8 Å². The molecule has 2 aliphatic carbocycles. The molecule has 2 N–H and O–H groups in total. The van der Waals surface area contributed by atoms with E-state index in [1.807, 2.05) is 72.8 Å². The summed E-state index contributed by atoms with van der Waals surface area (Å²) in [6.07, 6.45) is 5.13. The molecular weight excluding hydrogens is 472 g/mol. The number of nitrogens with one attached hydrogen (secondary N) is 2. The highest BCUT2D eigenvalue weighted by molar-refractivity contribution is 5.86. The molecule has 2 aromatic carbocycles. The molecule has 2 saturated carbocycles. The normalized spacial score (nSPS) is 36.4. The van der Waals surface area contributed by atoms with Gasteiger partial charge in [0.2, 0.25) is 11.8 Å². The molecular formula is C32H32N4O2. The molecule has 0 unspecified atom stereocenters. The Balaban J connectivity index is 0.000000155. The lowest BCUT2D eigenvalue weighted by molar-refractivity contribution is 0.148.